The van der Waals surface area contributed by atoms with Crippen LogP contribution >= 0.6 is 0 Å². The topological polar surface area (TPSA) is 82.8 Å². The van der Waals surface area contributed by atoms with Crippen molar-refractivity contribution in [3.05, 3.63) is 103 Å². The smallest absolute Gasteiger partial charge is 0.290 e. The molecule has 5 rings (SSSR count). The monoisotopic (exact) mass is 495 g/mol. The molecule has 188 valence electrons. The first-order valence-corrected chi connectivity index (χ1v) is 12.4. The summed E-state index contributed by atoms with van der Waals surface area (Å²) >= 11 is 0. The minimum absolute atomic E-state index is 0.0266. The Kier molecular flexibility index (Phi) is 7.26. The predicted molar refractivity (Wildman–Crippen MR) is 141 cm³/mol. The van der Waals surface area contributed by atoms with Gasteiger partial charge in [-0.3, -0.25) is 9.59 Å². The lowest BCUT2D eigenvalue weighted by molar-refractivity contribution is -0.132. The van der Waals surface area contributed by atoms with E-state index < -0.39 is 0 Å². The Labute approximate surface area is 216 Å². The molecule has 2 aromatic carbocycles. The van der Waals surface area contributed by atoms with Crippen molar-refractivity contribution in [2.45, 2.75) is 13.0 Å². The van der Waals surface area contributed by atoms with Crippen molar-refractivity contribution in [1.82, 2.24) is 20.0 Å². The minimum atomic E-state index is -0.304. The quantitative estimate of drug-likeness (QED) is 0.380. The number of furan rings is 1. The highest BCUT2D eigenvalue weighted by Gasteiger charge is 2.30. The van der Waals surface area contributed by atoms with Crippen molar-refractivity contribution in [3.8, 4) is 11.3 Å². The third-order valence-corrected chi connectivity index (χ3v) is 6.72. The van der Waals surface area contributed by atoms with Gasteiger partial charge in [0.2, 0.25) is 5.91 Å². The van der Waals surface area contributed by atoms with Crippen LogP contribution < -0.4 is 4.90 Å². The van der Waals surface area contributed by atoms with Crippen LogP contribution in [0.3, 0.4) is 0 Å². The molecule has 1 aliphatic rings. The molecule has 2 amide bonds. The van der Waals surface area contributed by atoms with Crippen molar-refractivity contribution in [2.24, 2.45) is 0 Å². The summed E-state index contributed by atoms with van der Waals surface area (Å²) in [6.45, 7) is 4.28. The number of aromatic nitrogens is 2. The summed E-state index contributed by atoms with van der Waals surface area (Å²) in [5, 5.41) is 8.80. The summed E-state index contributed by atoms with van der Waals surface area (Å²) < 4.78 is 5.35. The van der Waals surface area contributed by atoms with Crippen LogP contribution in [-0.2, 0) is 4.79 Å². The van der Waals surface area contributed by atoms with Crippen LogP contribution in [0.4, 0.5) is 5.82 Å². The second-order valence-corrected chi connectivity index (χ2v) is 9.01. The van der Waals surface area contributed by atoms with Crippen LogP contribution in [0.5, 0.6) is 0 Å². The number of amides is 2. The molecule has 4 aromatic rings. The van der Waals surface area contributed by atoms with Crippen molar-refractivity contribution < 1.29 is 14.0 Å². The van der Waals surface area contributed by atoms with Gasteiger partial charge >= 0.3 is 0 Å². The molecular formula is C29H29N5O3. The van der Waals surface area contributed by atoms with Crippen molar-refractivity contribution in [1.29, 1.82) is 0 Å². The first-order chi connectivity index (χ1) is 18.1. The van der Waals surface area contributed by atoms with Crippen molar-refractivity contribution >= 4 is 17.6 Å². The average molecular weight is 496 g/mol. The molecule has 2 aromatic heterocycles. The Hall–Kier alpha value is -4.46. The molecule has 1 saturated heterocycles. The molecule has 0 saturated carbocycles. The molecular weight excluding hydrogens is 466 g/mol. The lowest BCUT2D eigenvalue weighted by Crippen LogP contribution is -2.52. The maximum Gasteiger partial charge on any atom is 0.290 e. The van der Waals surface area contributed by atoms with E-state index >= 15 is 0 Å². The van der Waals surface area contributed by atoms with Gasteiger partial charge in [0.1, 0.15) is 6.54 Å². The van der Waals surface area contributed by atoms with Gasteiger partial charge in [0.25, 0.3) is 5.91 Å². The van der Waals surface area contributed by atoms with Crippen LogP contribution in [0, 0.1) is 0 Å². The molecule has 1 atom stereocenters. The molecule has 0 unspecified atom stereocenters. The molecule has 3 heterocycles. The van der Waals surface area contributed by atoms with Gasteiger partial charge in [0.15, 0.2) is 11.6 Å². The molecule has 1 aliphatic heterocycles. The highest BCUT2D eigenvalue weighted by molar-refractivity contribution is 5.94. The minimum Gasteiger partial charge on any atom is -0.459 e. The summed E-state index contributed by atoms with van der Waals surface area (Å²) in [4.78, 5) is 32.1. The van der Waals surface area contributed by atoms with Gasteiger partial charge in [-0.05, 0) is 36.8 Å². The van der Waals surface area contributed by atoms with Crippen LogP contribution in [0.1, 0.15) is 29.1 Å². The van der Waals surface area contributed by atoms with Crippen LogP contribution in [0.15, 0.2) is 95.6 Å². The van der Waals surface area contributed by atoms with Gasteiger partial charge in [-0.15, -0.1) is 10.2 Å². The fraction of sp³-hybridized carbons (Fsp3) is 0.241. The van der Waals surface area contributed by atoms with E-state index in [0.717, 1.165) is 22.6 Å². The number of carbonyl (C=O) groups excluding carboxylic acids is 2. The normalized spacial score (nSPS) is 14.3. The van der Waals surface area contributed by atoms with E-state index in [2.05, 4.69) is 15.1 Å². The van der Waals surface area contributed by atoms with E-state index in [9.17, 15) is 9.59 Å². The number of hydrogen-bond donors (Lipinski definition) is 0. The summed E-state index contributed by atoms with van der Waals surface area (Å²) in [6, 6.07) is 26.6. The first-order valence-electron chi connectivity index (χ1n) is 12.4. The summed E-state index contributed by atoms with van der Waals surface area (Å²) in [5.74, 6) is 0.618. The maximum atomic E-state index is 13.3. The van der Waals surface area contributed by atoms with E-state index in [1.165, 1.54) is 6.26 Å². The Morgan fingerprint density at radius 1 is 0.865 bits per heavy atom. The Morgan fingerprint density at radius 2 is 1.57 bits per heavy atom. The zero-order chi connectivity index (χ0) is 25.6. The Morgan fingerprint density at radius 3 is 2.19 bits per heavy atom. The average Bonchev–Trinajstić information content (AvgIpc) is 3.52. The molecule has 0 aliphatic carbocycles. The van der Waals surface area contributed by atoms with Crippen molar-refractivity contribution in [3.63, 3.8) is 0 Å². The third kappa shape index (κ3) is 5.53. The molecule has 1 fully saturated rings. The van der Waals surface area contributed by atoms with Crippen LogP contribution in [0.25, 0.3) is 11.3 Å². The van der Waals surface area contributed by atoms with Crippen LogP contribution in [-0.4, -0.2) is 64.5 Å². The molecule has 0 N–H and O–H groups in total. The molecule has 0 bridgehead atoms. The summed E-state index contributed by atoms with van der Waals surface area (Å²) in [6.07, 6.45) is 1.47. The highest BCUT2D eigenvalue weighted by Crippen LogP contribution is 2.23. The number of benzene rings is 2. The van der Waals surface area contributed by atoms with E-state index in [-0.39, 0.29) is 30.2 Å². The maximum absolute atomic E-state index is 13.3. The third-order valence-electron chi connectivity index (χ3n) is 6.72. The highest BCUT2D eigenvalue weighted by atomic mass is 16.3. The van der Waals surface area contributed by atoms with Gasteiger partial charge in [0.05, 0.1) is 18.0 Å². The molecule has 0 spiro atoms. The number of rotatable bonds is 7. The SMILES string of the molecule is C[C@H](c1ccccc1)N(CC(=O)N1CCN(c2ccc(-c3ccccc3)nn2)CC1)C(=O)c1ccco1. The fourth-order valence-corrected chi connectivity index (χ4v) is 4.53. The molecule has 8 heteroatoms. The lowest BCUT2D eigenvalue weighted by Gasteiger charge is -2.37. The molecule has 37 heavy (non-hydrogen) atoms. The van der Waals surface area contributed by atoms with Gasteiger partial charge in [0, 0.05) is 31.7 Å². The molecule has 8 nitrogen and oxygen atoms in total. The number of carbonyl (C=O) groups is 2. The number of piperazine rings is 1. The standard InChI is InChI=1S/C29H29N5O3/c1-22(23-9-4-2-5-10-23)34(29(36)26-13-8-20-37-26)21-28(35)33-18-16-32(17-19-33)27-15-14-25(30-31-27)24-11-6-3-7-12-24/h2-15,20,22H,16-19,21H2,1H3/t22-/m1/s1. The van der Waals surface area contributed by atoms with Crippen LogP contribution in [0.2, 0.25) is 0 Å². The van der Waals surface area contributed by atoms with Gasteiger partial charge in [-0.25, -0.2) is 0 Å². The second kappa shape index (κ2) is 11.1. The fourth-order valence-electron chi connectivity index (χ4n) is 4.53. The largest absolute Gasteiger partial charge is 0.459 e. The number of anilines is 1. The van der Waals surface area contributed by atoms with E-state index in [0.29, 0.717) is 26.2 Å². The molecule has 0 radical (unpaired) electrons. The zero-order valence-corrected chi connectivity index (χ0v) is 20.7. The summed E-state index contributed by atoms with van der Waals surface area (Å²) in [5.41, 5.74) is 2.81. The van der Waals surface area contributed by atoms with Gasteiger partial charge in [-0.2, -0.15) is 0 Å². The lowest BCUT2D eigenvalue weighted by atomic mass is 10.1. The number of hydrogen-bond acceptors (Lipinski definition) is 6. The number of nitrogens with zero attached hydrogens (tertiary/aromatic N) is 5. The first kappa shape index (κ1) is 24.2. The van der Waals surface area contributed by atoms with E-state index in [1.54, 1.807) is 17.0 Å². The zero-order valence-electron chi connectivity index (χ0n) is 20.7. The van der Waals surface area contributed by atoms with E-state index in [4.69, 9.17) is 4.42 Å². The van der Waals surface area contributed by atoms with Crippen molar-refractivity contribution in [2.75, 3.05) is 37.6 Å². The predicted octanol–water partition coefficient (Wildman–Crippen LogP) is 4.29. The Balaban J connectivity index is 1.23. The Bertz CT molecular complexity index is 1300. The van der Waals surface area contributed by atoms with E-state index in [1.807, 2.05) is 84.6 Å². The summed E-state index contributed by atoms with van der Waals surface area (Å²) in [7, 11) is 0. The van der Waals surface area contributed by atoms with Gasteiger partial charge < -0.3 is 19.1 Å². The second-order valence-electron chi connectivity index (χ2n) is 9.01. The van der Waals surface area contributed by atoms with Gasteiger partial charge in [-0.1, -0.05) is 60.7 Å².